The molecular formula is C22H30N2O7. The van der Waals surface area contributed by atoms with Gasteiger partial charge < -0.3 is 29.6 Å². The van der Waals surface area contributed by atoms with E-state index in [-0.39, 0.29) is 30.0 Å². The molecule has 0 fully saturated rings. The number of hydrogen-bond donors (Lipinski definition) is 2. The molecule has 0 aliphatic carbocycles. The Labute approximate surface area is 182 Å². The van der Waals surface area contributed by atoms with Crippen molar-refractivity contribution in [2.45, 2.75) is 40.7 Å². The SMILES string of the molecule is CCOC(=O)C1=C(COC(=O)c2ccc(OCC(C)C)c(OCC)c2)NC(=O)NC1C. The maximum Gasteiger partial charge on any atom is 0.338 e. The zero-order valence-electron chi connectivity index (χ0n) is 18.6. The van der Waals surface area contributed by atoms with Gasteiger partial charge in [0.25, 0.3) is 0 Å². The average molecular weight is 434 g/mol. The molecule has 9 nitrogen and oxygen atoms in total. The Bertz CT molecular complexity index is 848. The van der Waals surface area contributed by atoms with Gasteiger partial charge in [-0.2, -0.15) is 0 Å². The van der Waals surface area contributed by atoms with Crippen LogP contribution in [0.1, 0.15) is 45.0 Å². The Morgan fingerprint density at radius 2 is 1.77 bits per heavy atom. The molecule has 2 rings (SSSR count). The van der Waals surface area contributed by atoms with E-state index in [9.17, 15) is 14.4 Å². The number of ether oxygens (including phenoxy) is 4. The summed E-state index contributed by atoms with van der Waals surface area (Å²) in [6.07, 6.45) is 0. The Hall–Kier alpha value is -3.23. The van der Waals surface area contributed by atoms with Crippen molar-refractivity contribution in [3.63, 3.8) is 0 Å². The molecule has 0 saturated heterocycles. The van der Waals surface area contributed by atoms with E-state index in [4.69, 9.17) is 18.9 Å². The molecule has 1 unspecified atom stereocenters. The van der Waals surface area contributed by atoms with Crippen molar-refractivity contribution in [2.24, 2.45) is 5.92 Å². The molecule has 2 amide bonds. The standard InChI is InChI=1S/C22H30N2O7/c1-6-28-18-10-15(8-9-17(18)30-11-13(3)4)20(25)31-12-16-19(21(26)29-7-2)14(5)23-22(27)24-16/h8-10,13-14H,6-7,11-12H2,1-5H3,(H2,23,24,27). The van der Waals surface area contributed by atoms with E-state index in [0.29, 0.717) is 30.6 Å². The zero-order valence-corrected chi connectivity index (χ0v) is 18.6. The fourth-order valence-corrected chi connectivity index (χ4v) is 2.89. The molecule has 1 heterocycles. The monoisotopic (exact) mass is 434 g/mol. The van der Waals surface area contributed by atoms with Crippen LogP contribution in [0.3, 0.4) is 0 Å². The minimum Gasteiger partial charge on any atom is -0.490 e. The van der Waals surface area contributed by atoms with Gasteiger partial charge in [-0.3, -0.25) is 0 Å². The zero-order chi connectivity index (χ0) is 23.0. The summed E-state index contributed by atoms with van der Waals surface area (Å²) in [6.45, 7) is 10.0. The number of carbonyl (C=O) groups is 3. The van der Waals surface area contributed by atoms with E-state index in [1.54, 1.807) is 32.0 Å². The number of carbonyl (C=O) groups excluding carboxylic acids is 3. The Kier molecular flexibility index (Phi) is 8.72. The lowest BCUT2D eigenvalue weighted by atomic mass is 10.0. The molecule has 2 N–H and O–H groups in total. The largest absolute Gasteiger partial charge is 0.490 e. The summed E-state index contributed by atoms with van der Waals surface area (Å²) in [5.41, 5.74) is 0.651. The lowest BCUT2D eigenvalue weighted by Gasteiger charge is -2.26. The van der Waals surface area contributed by atoms with E-state index in [0.717, 1.165) is 0 Å². The molecule has 0 aromatic heterocycles. The predicted molar refractivity (Wildman–Crippen MR) is 113 cm³/mol. The van der Waals surface area contributed by atoms with E-state index in [1.165, 1.54) is 0 Å². The lowest BCUT2D eigenvalue weighted by molar-refractivity contribution is -0.139. The highest BCUT2D eigenvalue weighted by atomic mass is 16.5. The number of esters is 2. The van der Waals surface area contributed by atoms with Gasteiger partial charge in [0.15, 0.2) is 11.5 Å². The van der Waals surface area contributed by atoms with Gasteiger partial charge in [-0.25, -0.2) is 14.4 Å². The van der Waals surface area contributed by atoms with Crippen molar-refractivity contribution in [1.29, 1.82) is 0 Å². The second-order valence-corrected chi connectivity index (χ2v) is 7.31. The van der Waals surface area contributed by atoms with Crippen LogP contribution < -0.4 is 20.1 Å². The molecule has 170 valence electrons. The molecule has 0 spiro atoms. The van der Waals surface area contributed by atoms with Gasteiger partial charge in [0.1, 0.15) is 6.61 Å². The smallest absolute Gasteiger partial charge is 0.338 e. The third kappa shape index (κ3) is 6.63. The van der Waals surface area contributed by atoms with Crippen LogP contribution in [0.15, 0.2) is 29.5 Å². The van der Waals surface area contributed by atoms with Crippen LogP contribution in [-0.2, 0) is 14.3 Å². The van der Waals surface area contributed by atoms with Crippen LogP contribution in [-0.4, -0.2) is 50.4 Å². The van der Waals surface area contributed by atoms with Crippen LogP contribution in [0, 0.1) is 5.92 Å². The highest BCUT2D eigenvalue weighted by molar-refractivity contribution is 5.95. The highest BCUT2D eigenvalue weighted by Gasteiger charge is 2.30. The van der Waals surface area contributed by atoms with Crippen molar-refractivity contribution >= 4 is 18.0 Å². The van der Waals surface area contributed by atoms with Gasteiger partial charge >= 0.3 is 18.0 Å². The van der Waals surface area contributed by atoms with Crippen molar-refractivity contribution < 1.29 is 33.3 Å². The second-order valence-electron chi connectivity index (χ2n) is 7.31. The Morgan fingerprint density at radius 1 is 1.03 bits per heavy atom. The molecule has 1 aliphatic rings. The number of nitrogens with one attached hydrogen (secondary N) is 2. The van der Waals surface area contributed by atoms with E-state index in [1.807, 2.05) is 20.8 Å². The topological polar surface area (TPSA) is 112 Å². The molecule has 0 saturated carbocycles. The first-order chi connectivity index (χ1) is 14.8. The van der Waals surface area contributed by atoms with Crippen LogP contribution in [0.25, 0.3) is 0 Å². The predicted octanol–water partition coefficient (Wildman–Crippen LogP) is 2.80. The Morgan fingerprint density at radius 3 is 2.42 bits per heavy atom. The number of urea groups is 1. The van der Waals surface area contributed by atoms with Gasteiger partial charge in [0.2, 0.25) is 0 Å². The number of amides is 2. The summed E-state index contributed by atoms with van der Waals surface area (Å²) < 4.78 is 21.7. The van der Waals surface area contributed by atoms with Gasteiger partial charge in [-0.15, -0.1) is 0 Å². The van der Waals surface area contributed by atoms with Crippen LogP contribution in [0.4, 0.5) is 4.79 Å². The van der Waals surface area contributed by atoms with Crippen molar-refractivity contribution in [2.75, 3.05) is 26.4 Å². The van der Waals surface area contributed by atoms with Crippen LogP contribution >= 0.6 is 0 Å². The maximum atomic E-state index is 12.6. The second kappa shape index (κ2) is 11.2. The third-order valence-corrected chi connectivity index (χ3v) is 4.26. The fourth-order valence-electron chi connectivity index (χ4n) is 2.89. The van der Waals surface area contributed by atoms with Gasteiger partial charge in [0.05, 0.1) is 42.7 Å². The fraction of sp³-hybridized carbons (Fsp3) is 0.500. The quantitative estimate of drug-likeness (QED) is 0.545. The van der Waals surface area contributed by atoms with Gasteiger partial charge in [0, 0.05) is 0 Å². The molecule has 1 aromatic carbocycles. The summed E-state index contributed by atoms with van der Waals surface area (Å²) in [5.74, 6) is 0.0987. The highest BCUT2D eigenvalue weighted by Crippen LogP contribution is 2.29. The van der Waals surface area contributed by atoms with E-state index in [2.05, 4.69) is 10.6 Å². The minimum absolute atomic E-state index is 0.182. The molecule has 0 radical (unpaired) electrons. The molecular weight excluding hydrogens is 404 g/mol. The number of benzene rings is 1. The summed E-state index contributed by atoms with van der Waals surface area (Å²) in [6, 6.07) is 3.71. The molecule has 0 bridgehead atoms. The van der Waals surface area contributed by atoms with Crippen molar-refractivity contribution in [3.8, 4) is 11.5 Å². The molecule has 1 atom stereocenters. The summed E-state index contributed by atoms with van der Waals surface area (Å²) in [7, 11) is 0. The van der Waals surface area contributed by atoms with Crippen molar-refractivity contribution in [1.82, 2.24) is 10.6 Å². The number of hydrogen-bond acceptors (Lipinski definition) is 7. The van der Waals surface area contributed by atoms with E-state index < -0.39 is 24.0 Å². The third-order valence-electron chi connectivity index (χ3n) is 4.26. The van der Waals surface area contributed by atoms with Gasteiger partial charge in [-0.1, -0.05) is 13.8 Å². The van der Waals surface area contributed by atoms with Crippen LogP contribution in [0.2, 0.25) is 0 Å². The minimum atomic E-state index is -0.632. The molecule has 9 heteroatoms. The summed E-state index contributed by atoms with van der Waals surface area (Å²) >= 11 is 0. The average Bonchev–Trinajstić information content (AvgIpc) is 2.70. The normalized spacial score (nSPS) is 15.8. The first kappa shape index (κ1) is 24.0. The molecule has 1 aliphatic heterocycles. The maximum absolute atomic E-state index is 12.6. The summed E-state index contributed by atoms with van der Waals surface area (Å²) in [5, 5.41) is 5.10. The molecule has 1 aromatic rings. The van der Waals surface area contributed by atoms with Crippen molar-refractivity contribution in [3.05, 3.63) is 35.0 Å². The molecule has 31 heavy (non-hydrogen) atoms. The number of rotatable bonds is 10. The summed E-state index contributed by atoms with van der Waals surface area (Å²) in [4.78, 5) is 36.7. The lowest BCUT2D eigenvalue weighted by Crippen LogP contribution is -2.50. The van der Waals surface area contributed by atoms with Crippen LogP contribution in [0.5, 0.6) is 11.5 Å². The first-order valence-electron chi connectivity index (χ1n) is 10.3. The van der Waals surface area contributed by atoms with E-state index >= 15 is 0 Å². The first-order valence-corrected chi connectivity index (χ1v) is 10.3. The van der Waals surface area contributed by atoms with Gasteiger partial charge in [-0.05, 0) is 44.9 Å². The Balaban J connectivity index is 2.17.